The van der Waals surface area contributed by atoms with Crippen LogP contribution in [0.2, 0.25) is 0 Å². The average molecular weight is 268 g/mol. The molecule has 17 heavy (non-hydrogen) atoms. The molecule has 0 spiro atoms. The summed E-state index contributed by atoms with van der Waals surface area (Å²) in [7, 11) is -3.88. The van der Waals surface area contributed by atoms with Crippen LogP contribution in [0.25, 0.3) is 0 Å². The van der Waals surface area contributed by atoms with Gasteiger partial charge in [-0.1, -0.05) is 12.1 Å². The minimum Gasteiger partial charge on any atom is -0.216 e. The molecule has 3 N–H and O–H groups in total. The van der Waals surface area contributed by atoms with Crippen molar-refractivity contribution in [3.63, 3.8) is 0 Å². The van der Waals surface area contributed by atoms with E-state index < -0.39 is 28.0 Å². The minimum atomic E-state index is -4.41. The molecule has 0 saturated heterocycles. The highest BCUT2D eigenvalue weighted by Crippen LogP contribution is 2.29. The fraction of sp³-hybridized carbons (Fsp3) is 0.333. The van der Waals surface area contributed by atoms with Gasteiger partial charge in [0.2, 0.25) is 0 Å². The predicted octanol–water partition coefficient (Wildman–Crippen LogP) is 1.56. The quantitative estimate of drug-likeness (QED) is 0.873. The van der Waals surface area contributed by atoms with Gasteiger partial charge in [0.1, 0.15) is 0 Å². The molecular weight excluding hydrogens is 257 g/mol. The number of rotatable bonds is 3. The van der Waals surface area contributed by atoms with Crippen molar-refractivity contribution >= 4 is 10.2 Å². The van der Waals surface area contributed by atoms with Crippen LogP contribution in [-0.4, -0.2) is 8.42 Å². The predicted molar refractivity (Wildman–Crippen MR) is 56.1 cm³/mol. The maximum atomic E-state index is 12.3. The van der Waals surface area contributed by atoms with Gasteiger partial charge in [-0.25, -0.2) is 5.14 Å². The Balaban J connectivity index is 2.88. The second-order valence-electron chi connectivity index (χ2n) is 3.50. The summed E-state index contributed by atoms with van der Waals surface area (Å²) in [5.74, 6) is 0. The van der Waals surface area contributed by atoms with Crippen molar-refractivity contribution in [3.8, 4) is 0 Å². The molecular formula is C9H11F3N2O2S. The Morgan fingerprint density at radius 2 is 1.71 bits per heavy atom. The molecule has 96 valence electrons. The second kappa shape index (κ2) is 4.63. The lowest BCUT2D eigenvalue weighted by Crippen LogP contribution is -2.32. The van der Waals surface area contributed by atoms with E-state index in [1.165, 1.54) is 19.1 Å². The highest BCUT2D eigenvalue weighted by Gasteiger charge is 2.30. The number of hydrogen-bond acceptors (Lipinski definition) is 2. The standard InChI is InChI=1S/C9H11F3N2O2S/c1-6(14-17(13,15)16)7-2-4-8(5-3-7)9(10,11)12/h2-6,14H,1H3,(H2,13,15,16). The summed E-state index contributed by atoms with van der Waals surface area (Å²) in [4.78, 5) is 0. The number of hydrogen-bond donors (Lipinski definition) is 2. The molecule has 0 heterocycles. The van der Waals surface area contributed by atoms with Gasteiger partial charge in [0.25, 0.3) is 10.2 Å². The Morgan fingerprint density at radius 1 is 1.24 bits per heavy atom. The minimum absolute atomic E-state index is 0.395. The van der Waals surface area contributed by atoms with Crippen LogP contribution >= 0.6 is 0 Å². The smallest absolute Gasteiger partial charge is 0.216 e. The van der Waals surface area contributed by atoms with Crippen molar-refractivity contribution in [3.05, 3.63) is 35.4 Å². The molecule has 0 saturated carbocycles. The summed E-state index contributed by atoms with van der Waals surface area (Å²) in [5, 5.41) is 4.75. The molecule has 8 heteroatoms. The van der Waals surface area contributed by atoms with Crippen molar-refractivity contribution in [2.24, 2.45) is 5.14 Å². The molecule has 0 aromatic heterocycles. The molecule has 1 unspecified atom stereocenters. The average Bonchev–Trinajstić information content (AvgIpc) is 2.14. The first kappa shape index (κ1) is 13.9. The summed E-state index contributed by atoms with van der Waals surface area (Å²) in [6, 6.07) is 3.48. The molecule has 0 bridgehead atoms. The summed E-state index contributed by atoms with van der Waals surface area (Å²) < 4.78 is 60.3. The molecule has 0 fully saturated rings. The number of halogens is 3. The van der Waals surface area contributed by atoms with Crippen LogP contribution in [-0.2, 0) is 16.4 Å². The Kier molecular flexibility index (Phi) is 3.80. The topological polar surface area (TPSA) is 72.2 Å². The van der Waals surface area contributed by atoms with Gasteiger partial charge in [-0.2, -0.15) is 26.3 Å². The van der Waals surface area contributed by atoms with Gasteiger partial charge in [-0.05, 0) is 24.6 Å². The van der Waals surface area contributed by atoms with Gasteiger partial charge >= 0.3 is 6.18 Å². The molecule has 1 aromatic rings. The van der Waals surface area contributed by atoms with Gasteiger partial charge in [-0.15, -0.1) is 0 Å². The fourth-order valence-corrected chi connectivity index (χ4v) is 1.90. The molecule has 1 rings (SSSR count). The zero-order chi connectivity index (χ0) is 13.3. The Morgan fingerprint density at radius 3 is 2.06 bits per heavy atom. The maximum Gasteiger partial charge on any atom is 0.416 e. The van der Waals surface area contributed by atoms with Gasteiger partial charge in [0.15, 0.2) is 0 Å². The van der Waals surface area contributed by atoms with Gasteiger partial charge in [0.05, 0.1) is 5.56 Å². The highest BCUT2D eigenvalue weighted by atomic mass is 32.2. The Labute approximate surface area is 96.8 Å². The molecule has 0 aliphatic carbocycles. The van der Waals surface area contributed by atoms with E-state index in [1.54, 1.807) is 0 Å². The van der Waals surface area contributed by atoms with Gasteiger partial charge < -0.3 is 0 Å². The number of alkyl halides is 3. The monoisotopic (exact) mass is 268 g/mol. The van der Waals surface area contributed by atoms with E-state index in [4.69, 9.17) is 5.14 Å². The van der Waals surface area contributed by atoms with Crippen LogP contribution in [0.3, 0.4) is 0 Å². The fourth-order valence-electron chi connectivity index (χ4n) is 1.28. The van der Waals surface area contributed by atoms with Crippen molar-refractivity contribution in [1.82, 2.24) is 4.72 Å². The SMILES string of the molecule is CC(NS(N)(=O)=O)c1ccc(C(F)(F)F)cc1. The summed E-state index contributed by atoms with van der Waals surface area (Å²) in [6.45, 7) is 1.48. The van der Waals surface area contributed by atoms with Crippen molar-refractivity contribution in [1.29, 1.82) is 0 Å². The molecule has 0 aliphatic heterocycles. The second-order valence-corrected chi connectivity index (χ2v) is 4.83. The molecule has 0 radical (unpaired) electrons. The normalized spacial score (nSPS) is 14.6. The van der Waals surface area contributed by atoms with Gasteiger partial charge in [-0.3, -0.25) is 0 Å². The maximum absolute atomic E-state index is 12.3. The third-order valence-corrected chi connectivity index (χ3v) is 2.76. The number of benzene rings is 1. The van der Waals surface area contributed by atoms with Crippen LogP contribution in [0.1, 0.15) is 24.1 Å². The first-order valence-corrected chi connectivity index (χ1v) is 6.11. The lowest BCUT2D eigenvalue weighted by atomic mass is 10.1. The van der Waals surface area contributed by atoms with Crippen LogP contribution in [0, 0.1) is 0 Å². The van der Waals surface area contributed by atoms with Crippen LogP contribution in [0.15, 0.2) is 24.3 Å². The third-order valence-electron chi connectivity index (χ3n) is 2.08. The van der Waals surface area contributed by atoms with Crippen LogP contribution in [0.4, 0.5) is 13.2 Å². The van der Waals surface area contributed by atoms with E-state index in [9.17, 15) is 21.6 Å². The summed E-state index contributed by atoms with van der Waals surface area (Å²) in [6.07, 6.45) is -4.41. The van der Waals surface area contributed by atoms with E-state index in [2.05, 4.69) is 4.72 Å². The van der Waals surface area contributed by atoms with Crippen LogP contribution in [0.5, 0.6) is 0 Å². The third kappa shape index (κ3) is 4.33. The molecule has 0 amide bonds. The van der Waals surface area contributed by atoms with E-state index in [0.29, 0.717) is 5.56 Å². The van der Waals surface area contributed by atoms with E-state index >= 15 is 0 Å². The zero-order valence-electron chi connectivity index (χ0n) is 8.82. The highest BCUT2D eigenvalue weighted by molar-refractivity contribution is 7.87. The lowest BCUT2D eigenvalue weighted by molar-refractivity contribution is -0.137. The van der Waals surface area contributed by atoms with Crippen molar-refractivity contribution in [2.75, 3.05) is 0 Å². The Hall–Kier alpha value is -1.12. The molecule has 1 atom stereocenters. The largest absolute Gasteiger partial charge is 0.416 e. The molecule has 4 nitrogen and oxygen atoms in total. The van der Waals surface area contributed by atoms with Crippen molar-refractivity contribution < 1.29 is 21.6 Å². The first-order chi connectivity index (χ1) is 7.59. The number of nitrogens with one attached hydrogen (secondary N) is 1. The van der Waals surface area contributed by atoms with E-state index in [1.807, 2.05) is 0 Å². The van der Waals surface area contributed by atoms with E-state index in [-0.39, 0.29) is 0 Å². The summed E-state index contributed by atoms with van der Waals surface area (Å²) in [5.41, 5.74) is -0.393. The van der Waals surface area contributed by atoms with E-state index in [0.717, 1.165) is 12.1 Å². The number of nitrogens with two attached hydrogens (primary N) is 1. The zero-order valence-corrected chi connectivity index (χ0v) is 9.64. The van der Waals surface area contributed by atoms with Crippen LogP contribution < -0.4 is 9.86 Å². The Bertz CT molecular complexity index is 482. The molecule has 1 aromatic carbocycles. The van der Waals surface area contributed by atoms with Crippen molar-refractivity contribution in [2.45, 2.75) is 19.1 Å². The molecule has 0 aliphatic rings. The summed E-state index contributed by atoms with van der Waals surface area (Å²) >= 11 is 0. The lowest BCUT2D eigenvalue weighted by Gasteiger charge is -2.13. The first-order valence-electron chi connectivity index (χ1n) is 4.57. The van der Waals surface area contributed by atoms with Gasteiger partial charge in [0, 0.05) is 6.04 Å².